The molecule has 1 amide bonds. The Morgan fingerprint density at radius 3 is 2.91 bits per heavy atom. The van der Waals surface area contributed by atoms with Gasteiger partial charge in [-0.25, -0.2) is 4.68 Å². The van der Waals surface area contributed by atoms with Gasteiger partial charge in [0.05, 0.1) is 17.3 Å². The first kappa shape index (κ1) is 16.0. The standard InChI is InChI=1S/C17H20ClN3O2/c1-12-11-21(15-6-4-3-5-14(15)18)19-16(12)17(22)20-8-10-23-9-7-13(20)2/h3-6,11,13H,7-10H2,1-2H3. The summed E-state index contributed by atoms with van der Waals surface area (Å²) in [5.41, 5.74) is 2.08. The van der Waals surface area contributed by atoms with Crippen LogP contribution in [0.4, 0.5) is 0 Å². The maximum Gasteiger partial charge on any atom is 0.274 e. The highest BCUT2D eigenvalue weighted by molar-refractivity contribution is 6.32. The van der Waals surface area contributed by atoms with Crippen molar-refractivity contribution in [1.82, 2.24) is 14.7 Å². The molecule has 6 heteroatoms. The van der Waals surface area contributed by atoms with Gasteiger partial charge in [0.15, 0.2) is 5.69 Å². The molecule has 2 aromatic rings. The number of amides is 1. The molecule has 1 atom stereocenters. The zero-order valence-electron chi connectivity index (χ0n) is 13.3. The molecule has 5 nitrogen and oxygen atoms in total. The van der Waals surface area contributed by atoms with Crippen molar-refractivity contribution < 1.29 is 9.53 Å². The smallest absolute Gasteiger partial charge is 0.274 e. The van der Waals surface area contributed by atoms with Gasteiger partial charge in [0, 0.05) is 31.0 Å². The van der Waals surface area contributed by atoms with E-state index in [1.807, 2.05) is 49.2 Å². The lowest BCUT2D eigenvalue weighted by atomic mass is 10.2. The molecular weight excluding hydrogens is 314 g/mol. The van der Waals surface area contributed by atoms with E-state index in [1.54, 1.807) is 4.68 Å². The second kappa shape index (κ2) is 6.72. The number of para-hydroxylation sites is 1. The van der Waals surface area contributed by atoms with Crippen LogP contribution in [0.2, 0.25) is 5.02 Å². The summed E-state index contributed by atoms with van der Waals surface area (Å²) in [6, 6.07) is 7.60. The van der Waals surface area contributed by atoms with E-state index in [9.17, 15) is 4.79 Å². The fourth-order valence-electron chi connectivity index (χ4n) is 2.77. The number of ether oxygens (including phenoxy) is 1. The van der Waals surface area contributed by atoms with Crippen molar-refractivity contribution in [1.29, 1.82) is 0 Å². The van der Waals surface area contributed by atoms with E-state index in [1.165, 1.54) is 0 Å². The summed E-state index contributed by atoms with van der Waals surface area (Å²) < 4.78 is 7.14. The Kier molecular flexibility index (Phi) is 4.68. The number of rotatable bonds is 2. The molecule has 1 aromatic heterocycles. The number of halogens is 1. The van der Waals surface area contributed by atoms with Crippen molar-refractivity contribution in [2.45, 2.75) is 26.3 Å². The van der Waals surface area contributed by atoms with Crippen LogP contribution in [0, 0.1) is 6.92 Å². The number of carbonyl (C=O) groups is 1. The lowest BCUT2D eigenvalue weighted by Crippen LogP contribution is -2.39. The molecule has 0 N–H and O–H groups in total. The van der Waals surface area contributed by atoms with Crippen LogP contribution >= 0.6 is 11.6 Å². The molecule has 0 bridgehead atoms. The molecule has 1 unspecified atom stereocenters. The quantitative estimate of drug-likeness (QED) is 0.848. The van der Waals surface area contributed by atoms with Gasteiger partial charge in [-0.2, -0.15) is 5.10 Å². The normalized spacial score (nSPS) is 18.7. The SMILES string of the molecule is Cc1cn(-c2ccccc2Cl)nc1C(=O)N1CCOCCC1C. The lowest BCUT2D eigenvalue weighted by Gasteiger charge is -2.25. The Balaban J connectivity index is 1.91. The van der Waals surface area contributed by atoms with Crippen molar-refractivity contribution in [2.24, 2.45) is 0 Å². The average Bonchev–Trinajstić information content (AvgIpc) is 2.78. The first-order valence-electron chi connectivity index (χ1n) is 7.78. The minimum absolute atomic E-state index is 0.0497. The third-order valence-corrected chi connectivity index (χ3v) is 4.47. The molecule has 1 fully saturated rings. The first-order valence-corrected chi connectivity index (χ1v) is 8.15. The molecule has 0 saturated carbocycles. The van der Waals surface area contributed by atoms with E-state index in [-0.39, 0.29) is 11.9 Å². The van der Waals surface area contributed by atoms with E-state index in [2.05, 4.69) is 5.10 Å². The topological polar surface area (TPSA) is 47.4 Å². The highest BCUT2D eigenvalue weighted by Gasteiger charge is 2.26. The zero-order valence-corrected chi connectivity index (χ0v) is 14.1. The van der Waals surface area contributed by atoms with Crippen LogP contribution in [0.5, 0.6) is 0 Å². The number of hydrogen-bond acceptors (Lipinski definition) is 3. The van der Waals surface area contributed by atoms with Gasteiger partial charge in [0.2, 0.25) is 0 Å². The first-order chi connectivity index (χ1) is 11.1. The van der Waals surface area contributed by atoms with Crippen molar-refractivity contribution in [3.8, 4) is 5.69 Å². The summed E-state index contributed by atoms with van der Waals surface area (Å²) in [6.07, 6.45) is 2.68. The summed E-state index contributed by atoms with van der Waals surface area (Å²) >= 11 is 6.22. The molecule has 1 aliphatic rings. The maximum absolute atomic E-state index is 12.9. The molecule has 0 aliphatic carbocycles. The summed E-state index contributed by atoms with van der Waals surface area (Å²) in [5, 5.41) is 5.08. The zero-order chi connectivity index (χ0) is 16.4. The molecular formula is C17H20ClN3O2. The van der Waals surface area contributed by atoms with E-state index < -0.39 is 0 Å². The number of benzene rings is 1. The Hall–Kier alpha value is -1.85. The van der Waals surface area contributed by atoms with Gasteiger partial charge >= 0.3 is 0 Å². The van der Waals surface area contributed by atoms with E-state index in [0.717, 1.165) is 17.7 Å². The maximum atomic E-state index is 12.9. The second-order valence-corrected chi connectivity index (χ2v) is 6.21. The Morgan fingerprint density at radius 1 is 1.35 bits per heavy atom. The van der Waals surface area contributed by atoms with E-state index in [0.29, 0.717) is 30.5 Å². The highest BCUT2D eigenvalue weighted by Crippen LogP contribution is 2.22. The van der Waals surface area contributed by atoms with Crippen LogP contribution < -0.4 is 0 Å². The van der Waals surface area contributed by atoms with Crippen LogP contribution in [0.25, 0.3) is 5.69 Å². The van der Waals surface area contributed by atoms with Crippen molar-refractivity contribution >= 4 is 17.5 Å². The van der Waals surface area contributed by atoms with Gasteiger partial charge < -0.3 is 9.64 Å². The lowest BCUT2D eigenvalue weighted by molar-refractivity contribution is 0.0680. The predicted molar refractivity (Wildman–Crippen MR) is 89.2 cm³/mol. The summed E-state index contributed by atoms with van der Waals surface area (Å²) in [5.74, 6) is -0.0497. The molecule has 0 radical (unpaired) electrons. The van der Waals surface area contributed by atoms with Crippen molar-refractivity contribution in [2.75, 3.05) is 19.8 Å². The van der Waals surface area contributed by atoms with Gasteiger partial charge in [0.25, 0.3) is 5.91 Å². The van der Waals surface area contributed by atoms with Crippen LogP contribution in [-0.2, 0) is 4.74 Å². The third kappa shape index (κ3) is 3.26. The van der Waals surface area contributed by atoms with E-state index in [4.69, 9.17) is 16.3 Å². The summed E-state index contributed by atoms with van der Waals surface area (Å²) in [6.45, 7) is 5.80. The predicted octanol–water partition coefficient (Wildman–Crippen LogP) is 3.09. The summed E-state index contributed by atoms with van der Waals surface area (Å²) in [7, 11) is 0. The summed E-state index contributed by atoms with van der Waals surface area (Å²) in [4.78, 5) is 14.7. The Bertz CT molecular complexity index is 714. The van der Waals surface area contributed by atoms with E-state index >= 15 is 0 Å². The molecule has 1 aromatic carbocycles. The number of aromatic nitrogens is 2. The number of hydrogen-bond donors (Lipinski definition) is 0. The Labute approximate surface area is 140 Å². The van der Waals surface area contributed by atoms with Gasteiger partial charge in [-0.1, -0.05) is 23.7 Å². The molecule has 122 valence electrons. The minimum Gasteiger partial charge on any atom is -0.380 e. The second-order valence-electron chi connectivity index (χ2n) is 5.81. The number of carbonyl (C=O) groups excluding carboxylic acids is 1. The number of nitrogens with zero attached hydrogens (tertiary/aromatic N) is 3. The van der Waals surface area contributed by atoms with Crippen LogP contribution in [-0.4, -0.2) is 46.4 Å². The fraction of sp³-hybridized carbons (Fsp3) is 0.412. The van der Waals surface area contributed by atoms with Gasteiger partial charge in [0.1, 0.15) is 0 Å². The van der Waals surface area contributed by atoms with Gasteiger partial charge in [-0.15, -0.1) is 0 Å². The molecule has 1 saturated heterocycles. The Morgan fingerprint density at radius 2 is 2.13 bits per heavy atom. The van der Waals surface area contributed by atoms with Crippen LogP contribution in [0.3, 0.4) is 0 Å². The molecule has 1 aliphatic heterocycles. The van der Waals surface area contributed by atoms with Crippen molar-refractivity contribution in [3.63, 3.8) is 0 Å². The average molecular weight is 334 g/mol. The third-order valence-electron chi connectivity index (χ3n) is 4.15. The van der Waals surface area contributed by atoms with Crippen molar-refractivity contribution in [3.05, 3.63) is 46.7 Å². The van der Waals surface area contributed by atoms with Gasteiger partial charge in [-0.05, 0) is 32.4 Å². The molecule has 0 spiro atoms. The molecule has 3 rings (SSSR count). The molecule has 23 heavy (non-hydrogen) atoms. The van der Waals surface area contributed by atoms with Gasteiger partial charge in [-0.3, -0.25) is 4.79 Å². The fourth-order valence-corrected chi connectivity index (χ4v) is 2.99. The minimum atomic E-state index is -0.0497. The van der Waals surface area contributed by atoms with Crippen LogP contribution in [0.15, 0.2) is 30.5 Å². The highest BCUT2D eigenvalue weighted by atomic mass is 35.5. The van der Waals surface area contributed by atoms with Crippen LogP contribution in [0.1, 0.15) is 29.4 Å². The molecule has 2 heterocycles. The number of aryl methyl sites for hydroxylation is 1. The monoisotopic (exact) mass is 333 g/mol. The largest absolute Gasteiger partial charge is 0.380 e.